The summed E-state index contributed by atoms with van der Waals surface area (Å²) >= 11 is 0. The predicted molar refractivity (Wildman–Crippen MR) is 83.6 cm³/mol. The van der Waals surface area contributed by atoms with Gasteiger partial charge in [-0.25, -0.2) is 0 Å². The molecule has 0 heterocycles. The van der Waals surface area contributed by atoms with E-state index < -0.39 is 88.5 Å². The van der Waals surface area contributed by atoms with E-state index in [1.807, 2.05) is 0 Å². The van der Waals surface area contributed by atoms with Gasteiger partial charge in [0, 0.05) is 0 Å². The van der Waals surface area contributed by atoms with Crippen LogP contribution in [0.2, 0.25) is 0 Å². The predicted octanol–water partition coefficient (Wildman–Crippen LogP) is -1.93. The van der Waals surface area contributed by atoms with E-state index in [4.69, 9.17) is 22.9 Å². The first-order valence-corrected chi connectivity index (χ1v) is 12.5. The maximum Gasteiger partial charge on any atom is 0.270 e. The zero-order valence-corrected chi connectivity index (χ0v) is 15.8. The van der Waals surface area contributed by atoms with Gasteiger partial charge < -0.3 is 4.74 Å². The summed E-state index contributed by atoms with van der Waals surface area (Å²) < 4.78 is 127. The molecule has 0 saturated carbocycles. The summed E-state index contributed by atoms with van der Waals surface area (Å²) in [4.78, 5) is 0. The highest BCUT2D eigenvalue weighted by atomic mass is 32.2. The fourth-order valence-corrected chi connectivity index (χ4v) is 4.36. The molecular formula is C8H18O13S4. The van der Waals surface area contributed by atoms with Crippen molar-refractivity contribution in [2.24, 2.45) is 0 Å². The lowest BCUT2D eigenvalue weighted by atomic mass is 10.3. The Labute approximate surface area is 145 Å². The van der Waals surface area contributed by atoms with Crippen LogP contribution in [0.5, 0.6) is 0 Å². The number of ether oxygens (including phenoxy) is 1. The summed E-state index contributed by atoms with van der Waals surface area (Å²) in [6, 6.07) is 0. The summed E-state index contributed by atoms with van der Waals surface area (Å²) in [5, 5.41) is -3.64. The zero-order chi connectivity index (χ0) is 20.1. The number of hydrogen-bond acceptors (Lipinski definition) is 9. The highest BCUT2D eigenvalue weighted by Gasteiger charge is 2.29. The van der Waals surface area contributed by atoms with Crippen LogP contribution >= 0.6 is 0 Å². The molecule has 0 bridgehead atoms. The summed E-state index contributed by atoms with van der Waals surface area (Å²) in [6.45, 7) is -1.79. The lowest BCUT2D eigenvalue weighted by molar-refractivity contribution is 0.128. The van der Waals surface area contributed by atoms with E-state index >= 15 is 0 Å². The standard InChI is InChI=1S/C8H18O13S4/c9-22(10,11)3-1-7(24(15,16)17)5-21-6-8(25(18,19)20)2-4-23(12,13)14/h7-8H,1-6H2,(H,9,10,11)(H,12,13,14)(H,15,16,17)(H,18,19,20). The Morgan fingerprint density at radius 3 is 1.08 bits per heavy atom. The molecule has 0 aliphatic heterocycles. The van der Waals surface area contributed by atoms with Crippen molar-refractivity contribution >= 4 is 40.5 Å². The van der Waals surface area contributed by atoms with Gasteiger partial charge in [-0.2, -0.15) is 33.7 Å². The Morgan fingerprint density at radius 1 is 0.600 bits per heavy atom. The molecule has 0 saturated heterocycles. The van der Waals surface area contributed by atoms with E-state index in [2.05, 4.69) is 0 Å². The van der Waals surface area contributed by atoms with Crippen LogP contribution in [0, 0.1) is 0 Å². The van der Waals surface area contributed by atoms with Gasteiger partial charge in [0.05, 0.1) is 24.7 Å². The molecule has 4 N–H and O–H groups in total. The van der Waals surface area contributed by atoms with Crippen LogP contribution in [0.1, 0.15) is 12.8 Å². The summed E-state index contributed by atoms with van der Waals surface area (Å²) in [5.74, 6) is -2.05. The van der Waals surface area contributed by atoms with Gasteiger partial charge >= 0.3 is 0 Å². The van der Waals surface area contributed by atoms with Gasteiger partial charge in [-0.1, -0.05) is 0 Å². The van der Waals surface area contributed by atoms with Crippen LogP contribution < -0.4 is 0 Å². The molecule has 2 unspecified atom stereocenters. The van der Waals surface area contributed by atoms with E-state index in [1.165, 1.54) is 0 Å². The molecule has 0 spiro atoms. The third-order valence-electron chi connectivity index (χ3n) is 2.85. The lowest BCUT2D eigenvalue weighted by Gasteiger charge is -2.17. The minimum atomic E-state index is -4.80. The average molecular weight is 450 g/mol. The van der Waals surface area contributed by atoms with E-state index in [1.54, 1.807) is 0 Å². The zero-order valence-electron chi connectivity index (χ0n) is 12.5. The summed E-state index contributed by atoms with van der Waals surface area (Å²) in [6.07, 6.45) is -1.53. The van der Waals surface area contributed by atoms with Crippen molar-refractivity contribution in [1.82, 2.24) is 0 Å². The summed E-state index contributed by atoms with van der Waals surface area (Å²) in [5.41, 5.74) is 0. The summed E-state index contributed by atoms with van der Waals surface area (Å²) in [7, 11) is -18.7. The Kier molecular flexibility index (Phi) is 8.85. The first-order chi connectivity index (χ1) is 10.9. The van der Waals surface area contributed by atoms with E-state index in [0.717, 1.165) is 0 Å². The van der Waals surface area contributed by atoms with Gasteiger partial charge in [0.25, 0.3) is 40.5 Å². The van der Waals surface area contributed by atoms with Crippen LogP contribution in [0.15, 0.2) is 0 Å². The number of hydrogen-bond donors (Lipinski definition) is 4. The number of rotatable bonds is 12. The van der Waals surface area contributed by atoms with Crippen molar-refractivity contribution in [2.45, 2.75) is 23.3 Å². The van der Waals surface area contributed by atoms with Crippen molar-refractivity contribution in [3.05, 3.63) is 0 Å². The molecule has 17 heteroatoms. The molecule has 0 rings (SSSR count). The molecule has 0 amide bonds. The fourth-order valence-electron chi connectivity index (χ4n) is 1.53. The Balaban J connectivity index is 4.90. The molecule has 13 nitrogen and oxygen atoms in total. The van der Waals surface area contributed by atoms with Crippen molar-refractivity contribution in [3.8, 4) is 0 Å². The second-order valence-corrected chi connectivity index (χ2v) is 11.5. The van der Waals surface area contributed by atoms with E-state index in [9.17, 15) is 33.7 Å². The molecule has 0 aromatic rings. The Hall–Kier alpha value is -0.400. The van der Waals surface area contributed by atoms with Crippen molar-refractivity contribution < 1.29 is 56.6 Å². The van der Waals surface area contributed by atoms with Gasteiger partial charge in [-0.15, -0.1) is 0 Å². The van der Waals surface area contributed by atoms with E-state index in [-0.39, 0.29) is 0 Å². The molecule has 0 aliphatic carbocycles. The van der Waals surface area contributed by atoms with Crippen LogP contribution in [0.25, 0.3) is 0 Å². The van der Waals surface area contributed by atoms with Crippen LogP contribution in [-0.2, 0) is 45.2 Å². The quantitative estimate of drug-likeness (QED) is 0.238. The topological polar surface area (TPSA) is 227 Å². The minimum Gasteiger partial charge on any atom is -0.379 e. The first-order valence-electron chi connectivity index (χ1n) is 6.32. The first kappa shape index (κ1) is 24.6. The molecular weight excluding hydrogens is 432 g/mol. The molecule has 0 aromatic carbocycles. The fraction of sp³-hybridized carbons (Fsp3) is 1.00. The normalized spacial score (nSPS) is 16.5. The van der Waals surface area contributed by atoms with Gasteiger partial charge in [-0.3, -0.25) is 18.2 Å². The van der Waals surface area contributed by atoms with Gasteiger partial charge in [-0.05, 0) is 12.8 Å². The molecule has 152 valence electrons. The second-order valence-electron chi connectivity index (χ2n) is 4.96. The van der Waals surface area contributed by atoms with Crippen molar-refractivity contribution in [2.75, 3.05) is 24.7 Å². The van der Waals surface area contributed by atoms with Crippen LogP contribution in [-0.4, -0.2) is 87.1 Å². The molecule has 0 aromatic heterocycles. The van der Waals surface area contributed by atoms with E-state index in [0.29, 0.717) is 0 Å². The van der Waals surface area contributed by atoms with Gasteiger partial charge in [0.2, 0.25) is 0 Å². The molecule has 2 atom stereocenters. The highest BCUT2D eigenvalue weighted by molar-refractivity contribution is 7.87. The molecule has 0 aliphatic rings. The van der Waals surface area contributed by atoms with Gasteiger partial charge in [0.1, 0.15) is 10.5 Å². The third-order valence-corrected chi connectivity index (χ3v) is 6.78. The monoisotopic (exact) mass is 450 g/mol. The average Bonchev–Trinajstić information content (AvgIpc) is 2.30. The minimum absolute atomic E-state index is 0.765. The van der Waals surface area contributed by atoms with Crippen molar-refractivity contribution in [3.63, 3.8) is 0 Å². The van der Waals surface area contributed by atoms with Crippen LogP contribution in [0.4, 0.5) is 0 Å². The second kappa shape index (κ2) is 9.00. The molecule has 0 radical (unpaired) electrons. The third kappa shape index (κ3) is 12.6. The maximum absolute atomic E-state index is 11.1. The lowest BCUT2D eigenvalue weighted by Crippen LogP contribution is -2.33. The Bertz CT molecular complexity index is 764. The Morgan fingerprint density at radius 2 is 0.880 bits per heavy atom. The van der Waals surface area contributed by atoms with Crippen LogP contribution in [0.3, 0.4) is 0 Å². The smallest absolute Gasteiger partial charge is 0.270 e. The molecule has 0 fully saturated rings. The molecule has 25 heavy (non-hydrogen) atoms. The largest absolute Gasteiger partial charge is 0.379 e. The van der Waals surface area contributed by atoms with Crippen molar-refractivity contribution in [1.29, 1.82) is 0 Å². The highest BCUT2D eigenvalue weighted by Crippen LogP contribution is 2.11. The maximum atomic E-state index is 11.1. The van der Waals surface area contributed by atoms with Gasteiger partial charge in [0.15, 0.2) is 0 Å². The SMILES string of the molecule is O=S(=O)(O)CCC(COCC(CCS(=O)(=O)O)S(=O)(=O)O)S(=O)(=O)O.